The van der Waals surface area contributed by atoms with E-state index in [-0.39, 0.29) is 18.5 Å². The van der Waals surface area contributed by atoms with Gasteiger partial charge in [0, 0.05) is 18.8 Å². The third-order valence-corrected chi connectivity index (χ3v) is 5.36. The van der Waals surface area contributed by atoms with Crippen molar-refractivity contribution in [3.63, 3.8) is 0 Å². The number of rotatable bonds is 4. The lowest BCUT2D eigenvalue weighted by Gasteiger charge is -2.32. The summed E-state index contributed by atoms with van der Waals surface area (Å²) in [7, 11) is 1.74. The monoisotopic (exact) mass is 361 g/mol. The van der Waals surface area contributed by atoms with Gasteiger partial charge in [-0.3, -0.25) is 19.4 Å². The zero-order valence-electron chi connectivity index (χ0n) is 15.2. The summed E-state index contributed by atoms with van der Waals surface area (Å²) in [5, 5.41) is 0. The van der Waals surface area contributed by atoms with E-state index in [1.54, 1.807) is 18.9 Å². The van der Waals surface area contributed by atoms with Crippen LogP contribution in [0.4, 0.5) is 14.9 Å². The molecule has 1 heterocycles. The standard InChI is InChI=1S/C19H24FN3O3/c1-13-18(25)22(12-17(24)21(2)15-6-4-3-5-7-15)19(26)23(13)16-10-8-14(20)9-11-16/h8-11,13,15H,3-7,12H2,1-2H3/t13-/m0/s1. The minimum Gasteiger partial charge on any atom is -0.341 e. The first-order valence-electron chi connectivity index (χ1n) is 9.06. The Kier molecular flexibility index (Phi) is 5.25. The van der Waals surface area contributed by atoms with E-state index in [4.69, 9.17) is 0 Å². The van der Waals surface area contributed by atoms with Crippen molar-refractivity contribution in [3.05, 3.63) is 30.1 Å². The molecule has 3 rings (SSSR count). The molecule has 1 saturated carbocycles. The summed E-state index contributed by atoms with van der Waals surface area (Å²) in [5.74, 6) is -1.06. The maximum Gasteiger partial charge on any atom is 0.332 e. The van der Waals surface area contributed by atoms with Crippen LogP contribution < -0.4 is 4.90 Å². The summed E-state index contributed by atoms with van der Waals surface area (Å²) >= 11 is 0. The lowest BCUT2D eigenvalue weighted by molar-refractivity contribution is -0.138. The molecule has 0 bridgehead atoms. The summed E-state index contributed by atoms with van der Waals surface area (Å²) in [6.45, 7) is 1.35. The highest BCUT2D eigenvalue weighted by Gasteiger charge is 2.44. The molecule has 0 unspecified atom stereocenters. The smallest absolute Gasteiger partial charge is 0.332 e. The summed E-state index contributed by atoms with van der Waals surface area (Å²) in [6.07, 6.45) is 5.30. The number of likely N-dealkylation sites (N-methyl/N-ethyl adjacent to an activating group) is 1. The van der Waals surface area contributed by atoms with Gasteiger partial charge >= 0.3 is 6.03 Å². The fourth-order valence-electron chi connectivity index (χ4n) is 3.73. The quantitative estimate of drug-likeness (QED) is 0.775. The molecule has 1 aromatic carbocycles. The van der Waals surface area contributed by atoms with E-state index in [1.807, 2.05) is 0 Å². The molecule has 0 N–H and O–H groups in total. The minimum atomic E-state index is -0.722. The van der Waals surface area contributed by atoms with Crippen molar-refractivity contribution in [2.75, 3.05) is 18.5 Å². The number of anilines is 1. The van der Waals surface area contributed by atoms with E-state index in [0.717, 1.165) is 30.6 Å². The van der Waals surface area contributed by atoms with Gasteiger partial charge in [0.05, 0.1) is 0 Å². The SMILES string of the molecule is C[C@H]1C(=O)N(CC(=O)N(C)C2CCCCC2)C(=O)N1c1ccc(F)cc1. The molecule has 1 aliphatic heterocycles. The number of hydrogen-bond acceptors (Lipinski definition) is 3. The fraction of sp³-hybridized carbons (Fsp3) is 0.526. The topological polar surface area (TPSA) is 60.9 Å². The van der Waals surface area contributed by atoms with E-state index in [2.05, 4.69) is 0 Å². The normalized spacial score (nSPS) is 21.4. The lowest BCUT2D eigenvalue weighted by Crippen LogP contribution is -2.46. The van der Waals surface area contributed by atoms with Gasteiger partial charge in [0.2, 0.25) is 5.91 Å². The highest BCUT2D eigenvalue weighted by Crippen LogP contribution is 2.27. The first-order chi connectivity index (χ1) is 12.4. The van der Waals surface area contributed by atoms with Crippen molar-refractivity contribution in [2.45, 2.75) is 51.1 Å². The zero-order chi connectivity index (χ0) is 18.8. The van der Waals surface area contributed by atoms with Gasteiger partial charge in [0.25, 0.3) is 5.91 Å². The Morgan fingerprint density at radius 1 is 1.15 bits per heavy atom. The summed E-state index contributed by atoms with van der Waals surface area (Å²) in [5.41, 5.74) is 0.438. The summed E-state index contributed by atoms with van der Waals surface area (Å²) in [4.78, 5) is 41.8. The van der Waals surface area contributed by atoms with Gasteiger partial charge in [-0.15, -0.1) is 0 Å². The van der Waals surface area contributed by atoms with Gasteiger partial charge in [-0.05, 0) is 44.0 Å². The van der Waals surface area contributed by atoms with Crippen LogP contribution >= 0.6 is 0 Å². The Balaban J connectivity index is 1.71. The van der Waals surface area contributed by atoms with Gasteiger partial charge in [-0.1, -0.05) is 19.3 Å². The molecule has 1 aromatic rings. The van der Waals surface area contributed by atoms with Crippen molar-refractivity contribution in [2.24, 2.45) is 0 Å². The van der Waals surface area contributed by atoms with E-state index in [9.17, 15) is 18.8 Å². The largest absolute Gasteiger partial charge is 0.341 e. The van der Waals surface area contributed by atoms with Crippen LogP contribution in [-0.2, 0) is 9.59 Å². The maximum absolute atomic E-state index is 13.1. The lowest BCUT2D eigenvalue weighted by atomic mass is 9.94. The second-order valence-electron chi connectivity index (χ2n) is 7.03. The van der Waals surface area contributed by atoms with Crippen molar-refractivity contribution in [3.8, 4) is 0 Å². The molecule has 0 spiro atoms. The molecular formula is C19H24FN3O3. The Morgan fingerprint density at radius 3 is 2.38 bits per heavy atom. The number of carbonyl (C=O) groups excluding carboxylic acids is 3. The van der Waals surface area contributed by atoms with E-state index < -0.39 is 23.8 Å². The molecule has 0 radical (unpaired) electrons. The van der Waals surface area contributed by atoms with Crippen LogP contribution in [0.5, 0.6) is 0 Å². The molecule has 1 saturated heterocycles. The number of hydrogen-bond donors (Lipinski definition) is 0. The van der Waals surface area contributed by atoms with E-state index in [0.29, 0.717) is 5.69 Å². The molecular weight excluding hydrogens is 337 g/mol. The minimum absolute atomic E-state index is 0.176. The molecule has 26 heavy (non-hydrogen) atoms. The van der Waals surface area contributed by atoms with Crippen LogP contribution in [0.25, 0.3) is 0 Å². The Hall–Kier alpha value is -2.44. The number of halogens is 1. The summed E-state index contributed by atoms with van der Waals surface area (Å²) < 4.78 is 13.1. The Labute approximate surface area is 152 Å². The molecule has 6 nitrogen and oxygen atoms in total. The van der Waals surface area contributed by atoms with Gasteiger partial charge in [0.1, 0.15) is 18.4 Å². The Morgan fingerprint density at radius 2 is 1.77 bits per heavy atom. The molecule has 140 valence electrons. The average molecular weight is 361 g/mol. The molecule has 2 aliphatic rings. The molecule has 2 fully saturated rings. The third kappa shape index (κ3) is 3.43. The van der Waals surface area contributed by atoms with Crippen LogP contribution in [0.2, 0.25) is 0 Å². The van der Waals surface area contributed by atoms with Crippen LogP contribution in [0, 0.1) is 5.82 Å². The molecule has 7 heteroatoms. The second kappa shape index (κ2) is 7.43. The molecule has 0 aromatic heterocycles. The van der Waals surface area contributed by atoms with Crippen LogP contribution in [-0.4, -0.2) is 53.3 Å². The number of urea groups is 1. The highest BCUT2D eigenvalue weighted by molar-refractivity contribution is 6.15. The van der Waals surface area contributed by atoms with Crippen molar-refractivity contribution in [1.82, 2.24) is 9.80 Å². The molecule has 1 aliphatic carbocycles. The number of benzene rings is 1. The number of carbonyl (C=O) groups is 3. The van der Waals surface area contributed by atoms with Gasteiger partial charge < -0.3 is 4.90 Å². The van der Waals surface area contributed by atoms with Crippen LogP contribution in [0.1, 0.15) is 39.0 Å². The predicted octanol–water partition coefficient (Wildman–Crippen LogP) is 2.77. The molecule has 4 amide bonds. The van der Waals surface area contributed by atoms with Gasteiger partial charge in [-0.2, -0.15) is 0 Å². The number of nitrogens with zero attached hydrogens (tertiary/aromatic N) is 3. The van der Waals surface area contributed by atoms with Crippen molar-refractivity contribution >= 4 is 23.5 Å². The van der Waals surface area contributed by atoms with Crippen LogP contribution in [0.3, 0.4) is 0 Å². The van der Waals surface area contributed by atoms with E-state index in [1.165, 1.54) is 35.6 Å². The first kappa shape index (κ1) is 18.4. The molecule has 1 atom stereocenters. The fourth-order valence-corrected chi connectivity index (χ4v) is 3.73. The van der Waals surface area contributed by atoms with E-state index >= 15 is 0 Å². The first-order valence-corrected chi connectivity index (χ1v) is 9.06. The average Bonchev–Trinajstić information content (AvgIpc) is 2.86. The number of amides is 4. The van der Waals surface area contributed by atoms with Crippen molar-refractivity contribution in [1.29, 1.82) is 0 Å². The third-order valence-electron chi connectivity index (χ3n) is 5.36. The Bertz CT molecular complexity index is 700. The van der Waals surface area contributed by atoms with Crippen molar-refractivity contribution < 1.29 is 18.8 Å². The second-order valence-corrected chi connectivity index (χ2v) is 7.03. The summed E-state index contributed by atoms with van der Waals surface area (Å²) in [6, 6.07) is 4.30. The highest BCUT2D eigenvalue weighted by atomic mass is 19.1. The van der Waals surface area contributed by atoms with Gasteiger partial charge in [-0.25, -0.2) is 9.18 Å². The van der Waals surface area contributed by atoms with Gasteiger partial charge in [0.15, 0.2) is 0 Å². The maximum atomic E-state index is 13.1. The van der Waals surface area contributed by atoms with Crippen LogP contribution in [0.15, 0.2) is 24.3 Å². The number of imide groups is 1. The predicted molar refractivity (Wildman–Crippen MR) is 95.1 cm³/mol. The zero-order valence-corrected chi connectivity index (χ0v) is 15.2.